The first-order valence-corrected chi connectivity index (χ1v) is 7.05. The van der Waals surface area contributed by atoms with Crippen LogP contribution in [0.1, 0.15) is 25.7 Å². The molecule has 3 rings (SSSR count). The molecular weight excluding hydrogens is 268 g/mol. The minimum atomic E-state index is -0.184. The number of benzene rings is 1. The Morgan fingerprint density at radius 3 is 2.76 bits per heavy atom. The number of nitrogens with one attached hydrogen (secondary N) is 2. The van der Waals surface area contributed by atoms with Gasteiger partial charge in [-0.25, -0.2) is 4.98 Å². The van der Waals surface area contributed by atoms with Crippen LogP contribution < -0.4 is 5.32 Å². The fourth-order valence-electron chi connectivity index (χ4n) is 2.48. The molecule has 21 heavy (non-hydrogen) atoms. The lowest BCUT2D eigenvalue weighted by atomic mass is 9.99. The van der Waals surface area contributed by atoms with E-state index < -0.39 is 0 Å². The number of imidazole rings is 1. The van der Waals surface area contributed by atoms with Crippen molar-refractivity contribution in [3.63, 3.8) is 0 Å². The zero-order valence-electron chi connectivity index (χ0n) is 12.1. The summed E-state index contributed by atoms with van der Waals surface area (Å²) < 4.78 is 0. The fourth-order valence-corrected chi connectivity index (χ4v) is 2.48. The number of hydrogen-bond acceptors (Lipinski definition) is 3. The predicted octanol–water partition coefficient (Wildman–Crippen LogP) is 1.22. The van der Waals surface area contributed by atoms with Crippen LogP contribution in [0.2, 0.25) is 0 Å². The highest BCUT2D eigenvalue weighted by atomic mass is 16.2. The fraction of sp³-hybridized carbons (Fsp3) is 0.400. The number of carbonyl (C=O) groups is 2. The van der Waals surface area contributed by atoms with Crippen LogP contribution in [0, 0.1) is 5.92 Å². The van der Waals surface area contributed by atoms with Crippen LogP contribution in [0.4, 0.5) is 0 Å². The number of aromatic nitrogens is 2. The van der Waals surface area contributed by atoms with Crippen LogP contribution in [-0.4, -0.2) is 39.8 Å². The van der Waals surface area contributed by atoms with Gasteiger partial charge < -0.3 is 15.2 Å². The molecule has 2 amide bonds. The molecule has 0 unspecified atom stereocenters. The van der Waals surface area contributed by atoms with Crippen molar-refractivity contribution in [2.24, 2.45) is 5.92 Å². The van der Waals surface area contributed by atoms with Gasteiger partial charge in [0.2, 0.25) is 11.8 Å². The molecule has 1 aromatic carbocycles. The van der Waals surface area contributed by atoms with E-state index >= 15 is 0 Å². The van der Waals surface area contributed by atoms with Gasteiger partial charge in [0.1, 0.15) is 5.82 Å². The van der Waals surface area contributed by atoms with E-state index in [0.717, 1.165) is 16.9 Å². The number of carbonyl (C=O) groups excluding carboxylic acids is 2. The lowest BCUT2D eigenvalue weighted by Gasteiger charge is -2.37. The summed E-state index contributed by atoms with van der Waals surface area (Å²) in [5.41, 5.74) is 1.85. The maximum atomic E-state index is 12.1. The summed E-state index contributed by atoms with van der Waals surface area (Å²) in [6, 6.07) is 7.58. The highest BCUT2D eigenvalue weighted by molar-refractivity contribution is 5.84. The van der Waals surface area contributed by atoms with Crippen molar-refractivity contribution in [1.29, 1.82) is 0 Å². The quantitative estimate of drug-likeness (QED) is 0.890. The molecule has 6 heteroatoms. The molecule has 2 N–H and O–H groups in total. The molecule has 1 aliphatic heterocycles. The molecule has 110 valence electrons. The van der Waals surface area contributed by atoms with Crippen LogP contribution in [0.5, 0.6) is 0 Å². The minimum Gasteiger partial charge on any atom is -0.346 e. The van der Waals surface area contributed by atoms with E-state index in [9.17, 15) is 9.59 Å². The number of nitrogens with zero attached hydrogens (tertiary/aromatic N) is 2. The number of fused-ring (bicyclic) bond motifs is 1. The van der Waals surface area contributed by atoms with Crippen LogP contribution in [0.3, 0.4) is 0 Å². The number of para-hydroxylation sites is 2. The molecule has 1 fully saturated rings. The van der Waals surface area contributed by atoms with Crippen molar-refractivity contribution in [2.45, 2.75) is 19.9 Å². The van der Waals surface area contributed by atoms with Gasteiger partial charge >= 0.3 is 0 Å². The number of rotatable bonds is 3. The Hall–Kier alpha value is -2.37. The Bertz CT molecular complexity index is 655. The van der Waals surface area contributed by atoms with Gasteiger partial charge in [0.25, 0.3) is 0 Å². The smallest absolute Gasteiger partial charge is 0.227 e. The number of likely N-dealkylation sites (tertiary alicyclic amines) is 1. The highest BCUT2D eigenvalue weighted by Gasteiger charge is 2.34. The van der Waals surface area contributed by atoms with Gasteiger partial charge in [-0.15, -0.1) is 0 Å². The third-order valence-corrected chi connectivity index (χ3v) is 3.87. The molecule has 0 aliphatic carbocycles. The molecule has 1 saturated heterocycles. The van der Waals surface area contributed by atoms with Crippen molar-refractivity contribution in [2.75, 3.05) is 13.1 Å². The van der Waals surface area contributed by atoms with Gasteiger partial charge in [0, 0.05) is 20.0 Å². The minimum absolute atomic E-state index is 0.0179. The van der Waals surface area contributed by atoms with Crippen LogP contribution in [0.15, 0.2) is 24.3 Å². The van der Waals surface area contributed by atoms with E-state index in [1.54, 1.807) is 4.90 Å². The zero-order valence-corrected chi connectivity index (χ0v) is 12.1. The second-order valence-corrected chi connectivity index (χ2v) is 5.49. The van der Waals surface area contributed by atoms with E-state index in [0.29, 0.717) is 13.1 Å². The molecule has 1 aliphatic rings. The number of H-pyrrole nitrogens is 1. The van der Waals surface area contributed by atoms with Crippen molar-refractivity contribution in [1.82, 2.24) is 20.2 Å². The van der Waals surface area contributed by atoms with Crippen LogP contribution in [0.25, 0.3) is 11.0 Å². The normalized spacial score (nSPS) is 16.6. The molecule has 6 nitrogen and oxygen atoms in total. The molecule has 0 bridgehead atoms. The maximum absolute atomic E-state index is 12.1. The predicted molar refractivity (Wildman–Crippen MR) is 78.4 cm³/mol. The first-order chi connectivity index (χ1) is 10.0. The van der Waals surface area contributed by atoms with Gasteiger partial charge in [-0.05, 0) is 19.1 Å². The Morgan fingerprint density at radius 1 is 1.38 bits per heavy atom. The van der Waals surface area contributed by atoms with Gasteiger partial charge in [0.15, 0.2) is 0 Å². The van der Waals surface area contributed by atoms with Crippen molar-refractivity contribution < 1.29 is 9.59 Å². The van der Waals surface area contributed by atoms with E-state index in [-0.39, 0.29) is 23.8 Å². The standard InChI is InChI=1S/C15H18N4O2/c1-9(14-17-12-5-3-4-6-13(12)18-14)16-15(21)11-7-19(8-11)10(2)20/h3-6,9,11H,7-8H2,1-2H3,(H,16,21)(H,17,18)/t9-/m0/s1. The Balaban J connectivity index is 1.62. The summed E-state index contributed by atoms with van der Waals surface area (Å²) in [5.74, 6) is 0.623. The third-order valence-electron chi connectivity index (χ3n) is 3.87. The van der Waals surface area contributed by atoms with E-state index in [1.165, 1.54) is 6.92 Å². The van der Waals surface area contributed by atoms with Gasteiger partial charge in [-0.1, -0.05) is 12.1 Å². The second-order valence-electron chi connectivity index (χ2n) is 5.49. The van der Waals surface area contributed by atoms with Gasteiger partial charge in [-0.3, -0.25) is 9.59 Å². The highest BCUT2D eigenvalue weighted by Crippen LogP contribution is 2.19. The molecular formula is C15H18N4O2. The molecule has 0 spiro atoms. The molecule has 1 atom stereocenters. The van der Waals surface area contributed by atoms with E-state index in [2.05, 4.69) is 15.3 Å². The van der Waals surface area contributed by atoms with Crippen molar-refractivity contribution in [3.8, 4) is 0 Å². The summed E-state index contributed by atoms with van der Waals surface area (Å²) in [6.45, 7) is 4.43. The third kappa shape index (κ3) is 2.61. The number of aromatic amines is 1. The van der Waals surface area contributed by atoms with Gasteiger partial charge in [0.05, 0.1) is 23.0 Å². The Labute approximate surface area is 122 Å². The maximum Gasteiger partial charge on any atom is 0.227 e. The monoisotopic (exact) mass is 286 g/mol. The number of hydrogen-bond donors (Lipinski definition) is 2. The first kappa shape index (κ1) is 13.6. The molecule has 2 heterocycles. The summed E-state index contributed by atoms with van der Waals surface area (Å²) in [7, 11) is 0. The first-order valence-electron chi connectivity index (χ1n) is 7.05. The lowest BCUT2D eigenvalue weighted by Crippen LogP contribution is -2.55. The Morgan fingerprint density at radius 2 is 2.10 bits per heavy atom. The molecule has 0 radical (unpaired) electrons. The summed E-state index contributed by atoms with van der Waals surface area (Å²) in [6.07, 6.45) is 0. The largest absolute Gasteiger partial charge is 0.346 e. The summed E-state index contributed by atoms with van der Waals surface area (Å²) >= 11 is 0. The van der Waals surface area contributed by atoms with Crippen LogP contribution in [-0.2, 0) is 9.59 Å². The molecule has 0 saturated carbocycles. The Kier molecular flexibility index (Phi) is 3.37. The summed E-state index contributed by atoms with van der Waals surface area (Å²) in [5, 5.41) is 2.95. The van der Waals surface area contributed by atoms with Gasteiger partial charge in [-0.2, -0.15) is 0 Å². The SMILES string of the molecule is CC(=O)N1CC(C(=O)N[C@@H](C)c2nc3ccccc3[nH]2)C1. The van der Waals surface area contributed by atoms with Crippen molar-refractivity contribution >= 4 is 22.8 Å². The van der Waals surface area contributed by atoms with Crippen molar-refractivity contribution in [3.05, 3.63) is 30.1 Å². The molecule has 2 aromatic rings. The molecule has 1 aromatic heterocycles. The van der Waals surface area contributed by atoms with E-state index in [1.807, 2.05) is 31.2 Å². The average molecular weight is 286 g/mol. The topological polar surface area (TPSA) is 78.1 Å². The lowest BCUT2D eigenvalue weighted by molar-refractivity contribution is -0.141. The second kappa shape index (κ2) is 5.20. The average Bonchev–Trinajstić information content (AvgIpc) is 2.80. The summed E-state index contributed by atoms with van der Waals surface area (Å²) in [4.78, 5) is 32.6. The number of amides is 2. The van der Waals surface area contributed by atoms with E-state index in [4.69, 9.17) is 0 Å². The zero-order chi connectivity index (χ0) is 15.0. The van der Waals surface area contributed by atoms with Crippen LogP contribution >= 0.6 is 0 Å².